The van der Waals surface area contributed by atoms with Gasteiger partial charge in [-0.1, -0.05) is 0 Å². The van der Waals surface area contributed by atoms with Gasteiger partial charge in [-0.05, 0) is 24.2 Å². The Kier molecular flexibility index (Phi) is 3.11. The van der Waals surface area contributed by atoms with Crippen molar-refractivity contribution >= 4 is 27.4 Å². The first-order chi connectivity index (χ1) is 7.66. The van der Waals surface area contributed by atoms with Gasteiger partial charge in [-0.15, -0.1) is 0 Å². The molecule has 1 aliphatic rings. The van der Waals surface area contributed by atoms with Crippen molar-refractivity contribution in [3.63, 3.8) is 0 Å². The lowest BCUT2D eigenvalue weighted by atomic mass is 10.2. The average molecular weight is 243 g/mol. The largest absolute Gasteiger partial charge is 0.368 e. The fourth-order valence-corrected chi connectivity index (χ4v) is 2.01. The van der Waals surface area contributed by atoms with E-state index in [1.54, 1.807) is 0 Å². The lowest BCUT2D eigenvalue weighted by Gasteiger charge is -2.07. The third-order valence-electron chi connectivity index (χ3n) is 2.13. The van der Waals surface area contributed by atoms with Gasteiger partial charge in [-0.25, -0.2) is 4.98 Å². The highest BCUT2D eigenvalue weighted by Crippen LogP contribution is 2.25. The van der Waals surface area contributed by atoms with Gasteiger partial charge in [-0.2, -0.15) is 0 Å². The number of ether oxygens (including phenoxy) is 1. The Balaban J connectivity index is 1.97. The van der Waals surface area contributed by atoms with Crippen LogP contribution < -0.4 is 5.32 Å². The zero-order valence-corrected chi connectivity index (χ0v) is 9.03. The van der Waals surface area contributed by atoms with Crippen LogP contribution in [0.15, 0.2) is 6.20 Å². The molecule has 1 saturated heterocycles. The van der Waals surface area contributed by atoms with E-state index in [1.807, 2.05) is 0 Å². The van der Waals surface area contributed by atoms with E-state index in [1.165, 1.54) is 0 Å². The van der Waals surface area contributed by atoms with E-state index >= 15 is 0 Å². The van der Waals surface area contributed by atoms with Crippen LogP contribution in [0.1, 0.15) is 12.8 Å². The van der Waals surface area contributed by atoms with Crippen molar-refractivity contribution in [1.82, 2.24) is 4.98 Å². The predicted molar refractivity (Wildman–Crippen MR) is 56.4 cm³/mol. The van der Waals surface area contributed by atoms with Gasteiger partial charge in [-0.3, -0.25) is 20.2 Å². The van der Waals surface area contributed by atoms with E-state index in [-0.39, 0.29) is 16.0 Å². The predicted octanol–water partition coefficient (Wildman–Crippen LogP) is 1.17. The fourth-order valence-electron chi connectivity index (χ4n) is 1.38. The molecule has 8 heteroatoms. The number of nitrogens with one attached hydrogen (secondary N) is 1. The molecule has 86 valence electrons. The number of hydrogen-bond acceptors (Lipinski definition) is 6. The molecule has 1 atom stereocenters. The van der Waals surface area contributed by atoms with Gasteiger partial charge in [0.1, 0.15) is 12.3 Å². The van der Waals surface area contributed by atoms with Crippen LogP contribution in [0, 0.1) is 10.1 Å². The Morgan fingerprint density at radius 2 is 2.56 bits per heavy atom. The number of carbonyl (C=O) groups is 1. The Bertz CT molecular complexity index is 413. The summed E-state index contributed by atoms with van der Waals surface area (Å²) < 4.78 is 5.17. The quantitative estimate of drug-likeness (QED) is 0.635. The number of rotatable bonds is 3. The summed E-state index contributed by atoms with van der Waals surface area (Å²) in [5.74, 6) is -0.290. The summed E-state index contributed by atoms with van der Waals surface area (Å²) >= 11 is 0.830. The normalized spacial score (nSPS) is 19.6. The number of hydrogen-bond donors (Lipinski definition) is 1. The number of amides is 1. The van der Waals surface area contributed by atoms with Crippen LogP contribution in [0.3, 0.4) is 0 Å². The smallest absolute Gasteiger partial charge is 0.345 e. The fraction of sp³-hybridized carbons (Fsp3) is 0.500. The van der Waals surface area contributed by atoms with E-state index in [0.717, 1.165) is 24.0 Å². The highest BCUT2D eigenvalue weighted by atomic mass is 32.1. The molecule has 2 rings (SSSR count). The molecule has 1 N–H and O–H groups in total. The first-order valence-corrected chi connectivity index (χ1v) is 5.51. The minimum Gasteiger partial charge on any atom is -0.368 e. The maximum Gasteiger partial charge on any atom is 0.345 e. The first-order valence-electron chi connectivity index (χ1n) is 4.69. The maximum atomic E-state index is 11.6. The van der Waals surface area contributed by atoms with Gasteiger partial charge in [0.25, 0.3) is 5.91 Å². The van der Waals surface area contributed by atoms with Gasteiger partial charge in [0.15, 0.2) is 5.13 Å². The lowest BCUT2D eigenvalue weighted by molar-refractivity contribution is -0.380. The molecule has 1 fully saturated rings. The monoisotopic (exact) mass is 243 g/mol. The number of nitrogens with zero attached hydrogens (tertiary/aromatic N) is 2. The summed E-state index contributed by atoms with van der Waals surface area (Å²) in [7, 11) is 0. The molecule has 1 unspecified atom stereocenters. The van der Waals surface area contributed by atoms with Crippen LogP contribution in [-0.2, 0) is 9.53 Å². The average Bonchev–Trinajstić information content (AvgIpc) is 2.87. The van der Waals surface area contributed by atoms with E-state index in [0.29, 0.717) is 13.0 Å². The molecular weight excluding hydrogens is 234 g/mol. The molecule has 0 radical (unpaired) electrons. The molecule has 1 aromatic rings. The Morgan fingerprint density at radius 1 is 1.75 bits per heavy atom. The molecule has 0 saturated carbocycles. The third kappa shape index (κ3) is 2.34. The Morgan fingerprint density at radius 3 is 3.12 bits per heavy atom. The zero-order valence-electron chi connectivity index (χ0n) is 8.21. The second-order valence-electron chi connectivity index (χ2n) is 3.25. The van der Waals surface area contributed by atoms with Crippen LogP contribution in [0.5, 0.6) is 0 Å². The van der Waals surface area contributed by atoms with Crippen molar-refractivity contribution < 1.29 is 14.5 Å². The molecule has 1 aliphatic heterocycles. The molecule has 16 heavy (non-hydrogen) atoms. The van der Waals surface area contributed by atoms with Crippen LogP contribution in [0.25, 0.3) is 0 Å². The standard InChI is InChI=1S/C8H9N3O4S/c12-7(5-2-1-3-15-5)10-8-9-4-6(16-8)11(13)14/h4-5H,1-3H2,(H,9,10,12). The highest BCUT2D eigenvalue weighted by Gasteiger charge is 2.24. The Hall–Kier alpha value is -1.54. The second kappa shape index (κ2) is 4.54. The summed E-state index contributed by atoms with van der Waals surface area (Å²) in [5.41, 5.74) is 0. The van der Waals surface area contributed by atoms with Crippen molar-refractivity contribution in [2.75, 3.05) is 11.9 Å². The minimum atomic E-state index is -0.542. The maximum absolute atomic E-state index is 11.6. The Labute approximate surface area is 94.6 Å². The van der Waals surface area contributed by atoms with Crippen molar-refractivity contribution in [1.29, 1.82) is 0 Å². The molecule has 0 bridgehead atoms. The van der Waals surface area contributed by atoms with Crippen LogP contribution in [0.2, 0.25) is 0 Å². The van der Waals surface area contributed by atoms with Crippen molar-refractivity contribution in [3.8, 4) is 0 Å². The first kappa shape index (κ1) is 11.0. The number of aromatic nitrogens is 1. The second-order valence-corrected chi connectivity index (χ2v) is 4.26. The van der Waals surface area contributed by atoms with Crippen LogP contribution in [0.4, 0.5) is 10.1 Å². The van der Waals surface area contributed by atoms with Crippen molar-refractivity contribution in [2.45, 2.75) is 18.9 Å². The van der Waals surface area contributed by atoms with E-state index in [2.05, 4.69) is 10.3 Å². The van der Waals surface area contributed by atoms with E-state index in [9.17, 15) is 14.9 Å². The van der Waals surface area contributed by atoms with Crippen LogP contribution >= 0.6 is 11.3 Å². The molecular formula is C8H9N3O4S. The summed E-state index contributed by atoms with van der Waals surface area (Å²) in [6.07, 6.45) is 2.20. The topological polar surface area (TPSA) is 94.4 Å². The summed E-state index contributed by atoms with van der Waals surface area (Å²) in [6.45, 7) is 0.579. The van der Waals surface area contributed by atoms with Crippen molar-refractivity contribution in [2.24, 2.45) is 0 Å². The van der Waals surface area contributed by atoms with Crippen LogP contribution in [-0.4, -0.2) is 28.5 Å². The molecule has 0 aromatic carbocycles. The van der Waals surface area contributed by atoms with E-state index < -0.39 is 11.0 Å². The van der Waals surface area contributed by atoms with Gasteiger partial charge in [0, 0.05) is 6.61 Å². The molecule has 0 spiro atoms. The molecule has 7 nitrogen and oxygen atoms in total. The minimum absolute atomic E-state index is 0.0948. The van der Waals surface area contributed by atoms with Gasteiger partial charge < -0.3 is 4.74 Å². The van der Waals surface area contributed by atoms with Crippen molar-refractivity contribution in [3.05, 3.63) is 16.3 Å². The lowest BCUT2D eigenvalue weighted by Crippen LogP contribution is -2.26. The summed E-state index contributed by atoms with van der Waals surface area (Å²) in [5, 5.41) is 13.0. The number of thiazole rings is 1. The third-order valence-corrected chi connectivity index (χ3v) is 2.99. The summed E-state index contributed by atoms with van der Waals surface area (Å²) in [6, 6.07) is 0. The summed E-state index contributed by atoms with van der Waals surface area (Å²) in [4.78, 5) is 25.1. The van der Waals surface area contributed by atoms with E-state index in [4.69, 9.17) is 4.74 Å². The van der Waals surface area contributed by atoms with Gasteiger partial charge in [0.05, 0.1) is 4.92 Å². The zero-order chi connectivity index (χ0) is 11.5. The number of anilines is 1. The highest BCUT2D eigenvalue weighted by molar-refractivity contribution is 7.18. The number of nitro groups is 1. The van der Waals surface area contributed by atoms with Gasteiger partial charge >= 0.3 is 5.00 Å². The molecule has 1 aromatic heterocycles. The SMILES string of the molecule is O=C(Nc1ncc([N+](=O)[O-])s1)C1CCCO1. The number of carbonyl (C=O) groups excluding carboxylic acids is 1. The molecule has 0 aliphatic carbocycles. The molecule has 2 heterocycles. The van der Waals surface area contributed by atoms with Gasteiger partial charge in [0.2, 0.25) is 0 Å². The molecule has 1 amide bonds.